The predicted molar refractivity (Wildman–Crippen MR) is 71.5 cm³/mol. The molecule has 1 aromatic rings. The van der Waals surface area contributed by atoms with E-state index in [0.29, 0.717) is 6.61 Å². The van der Waals surface area contributed by atoms with Crippen molar-refractivity contribution in [2.24, 2.45) is 0 Å². The van der Waals surface area contributed by atoms with Crippen LogP contribution in [0.15, 0.2) is 24.3 Å². The van der Waals surface area contributed by atoms with E-state index in [1.807, 2.05) is 0 Å². The molecule has 0 saturated carbocycles. The van der Waals surface area contributed by atoms with Gasteiger partial charge in [0.05, 0.1) is 0 Å². The molecule has 0 fully saturated rings. The number of aliphatic hydroxyl groups excluding tert-OH is 1. The number of aliphatic hydroxyl groups is 1. The van der Waals surface area contributed by atoms with Crippen molar-refractivity contribution in [3.63, 3.8) is 0 Å². The molecule has 1 rings (SSSR count). The van der Waals surface area contributed by atoms with Crippen LogP contribution in [0, 0.1) is 6.92 Å². The van der Waals surface area contributed by atoms with Gasteiger partial charge in [-0.15, -0.1) is 0 Å². The number of unbranched alkanes of at least 4 members (excludes halogenated alkanes) is 1. The molecular weight excluding hydrogens is 312 g/mol. The molecule has 0 aliphatic heterocycles. The summed E-state index contributed by atoms with van der Waals surface area (Å²) in [5, 5.41) is 8.80. The van der Waals surface area contributed by atoms with Crippen molar-refractivity contribution < 1.29 is 5.11 Å². The number of hydrogen-bond acceptors (Lipinski definition) is 1. The van der Waals surface area contributed by atoms with Crippen molar-refractivity contribution in [1.29, 1.82) is 0 Å². The van der Waals surface area contributed by atoms with Crippen LogP contribution in [0.1, 0.15) is 38.2 Å². The van der Waals surface area contributed by atoms with Gasteiger partial charge in [-0.2, -0.15) is 0 Å². The van der Waals surface area contributed by atoms with Crippen molar-refractivity contribution in [1.82, 2.24) is 0 Å². The van der Waals surface area contributed by atoms with Gasteiger partial charge < -0.3 is 0 Å². The first-order chi connectivity index (χ1) is 7.77. The molecule has 0 spiro atoms. The molecule has 1 unspecified atom stereocenters. The van der Waals surface area contributed by atoms with Crippen LogP contribution in [0.25, 0.3) is 0 Å². The van der Waals surface area contributed by atoms with E-state index in [1.54, 1.807) is 3.61 Å². The third kappa shape index (κ3) is 4.87. The number of aryl methyl sites for hydroxylation is 1. The summed E-state index contributed by atoms with van der Waals surface area (Å²) in [5.41, 5.74) is 1.46. The fraction of sp³-hybridized carbons (Fsp3) is 0.571. The van der Waals surface area contributed by atoms with E-state index in [-0.39, 0.29) is 20.9 Å². The van der Waals surface area contributed by atoms with Crippen molar-refractivity contribution in [2.75, 3.05) is 6.61 Å². The van der Waals surface area contributed by atoms with Gasteiger partial charge >= 0.3 is 110 Å². The third-order valence-electron chi connectivity index (χ3n) is 2.78. The maximum atomic E-state index is 8.80. The molecule has 0 radical (unpaired) electrons. The monoisotopic (exact) mass is 336 g/mol. The van der Waals surface area contributed by atoms with Gasteiger partial charge in [-0.25, -0.2) is 0 Å². The van der Waals surface area contributed by atoms with E-state index in [4.69, 9.17) is 5.11 Å². The second-order valence-electron chi connectivity index (χ2n) is 4.13. The number of rotatable bonds is 7. The van der Waals surface area contributed by atoms with Crippen LogP contribution in [0.2, 0.25) is 3.97 Å². The predicted octanol–water partition coefficient (Wildman–Crippen LogP) is 2.69. The summed E-state index contributed by atoms with van der Waals surface area (Å²) >= 11 is -0.0512. The Morgan fingerprint density at radius 1 is 1.25 bits per heavy atom. The normalized spacial score (nSPS) is 12.7. The summed E-state index contributed by atoms with van der Waals surface area (Å²) in [6.45, 7) is 4.87. The van der Waals surface area contributed by atoms with E-state index in [2.05, 4.69) is 38.1 Å². The van der Waals surface area contributed by atoms with Crippen LogP contribution in [0.3, 0.4) is 0 Å². The Labute approximate surface area is 109 Å². The van der Waals surface area contributed by atoms with E-state index < -0.39 is 0 Å². The second-order valence-corrected chi connectivity index (χ2v) is 7.96. The molecule has 0 aromatic heterocycles. The van der Waals surface area contributed by atoms with Gasteiger partial charge in [-0.3, -0.25) is 0 Å². The summed E-state index contributed by atoms with van der Waals surface area (Å²) in [6, 6.07) is 8.80. The zero-order chi connectivity index (χ0) is 11.8. The summed E-state index contributed by atoms with van der Waals surface area (Å²) in [4.78, 5) is 0. The SMILES string of the molecule is CCC(CCCCO)[Te]c1ccccc1C. The molecule has 0 saturated heterocycles. The third-order valence-corrected chi connectivity index (χ3v) is 7.38. The fourth-order valence-electron chi connectivity index (χ4n) is 1.70. The van der Waals surface area contributed by atoms with E-state index in [0.717, 1.165) is 10.4 Å². The van der Waals surface area contributed by atoms with Crippen molar-refractivity contribution in [3.8, 4) is 0 Å². The standard InChI is InChI=1S/C14H22OTe/c1-3-13(9-6-7-11-15)16-14-10-5-4-8-12(14)2/h4-5,8,10,13,15H,3,6-7,9,11H2,1-2H3. The van der Waals surface area contributed by atoms with Crippen LogP contribution in [-0.4, -0.2) is 32.6 Å². The van der Waals surface area contributed by atoms with E-state index in [9.17, 15) is 0 Å². The molecule has 1 atom stereocenters. The second kappa shape index (κ2) is 8.12. The zero-order valence-electron chi connectivity index (χ0n) is 10.3. The summed E-state index contributed by atoms with van der Waals surface area (Å²) < 4.78 is 2.52. The fourth-order valence-corrected chi connectivity index (χ4v) is 5.18. The average Bonchev–Trinajstić information content (AvgIpc) is 2.30. The Hall–Kier alpha value is -0.0304. The topological polar surface area (TPSA) is 20.2 Å². The van der Waals surface area contributed by atoms with Crippen LogP contribution in [0.4, 0.5) is 0 Å². The molecule has 2 heteroatoms. The van der Waals surface area contributed by atoms with Gasteiger partial charge in [0.2, 0.25) is 0 Å². The van der Waals surface area contributed by atoms with Crippen molar-refractivity contribution in [2.45, 2.75) is 43.5 Å². The molecule has 0 bridgehead atoms. The summed E-state index contributed by atoms with van der Waals surface area (Å²) in [6.07, 6.45) is 4.75. The first-order valence-corrected chi connectivity index (χ1v) is 8.62. The molecule has 16 heavy (non-hydrogen) atoms. The van der Waals surface area contributed by atoms with Gasteiger partial charge in [-0.05, 0) is 0 Å². The minimum atomic E-state index is -0.0512. The molecule has 1 N–H and O–H groups in total. The first-order valence-electron chi connectivity index (χ1n) is 6.11. The van der Waals surface area contributed by atoms with Crippen molar-refractivity contribution in [3.05, 3.63) is 29.8 Å². The molecule has 0 heterocycles. The van der Waals surface area contributed by atoms with Gasteiger partial charge in [0.15, 0.2) is 0 Å². The van der Waals surface area contributed by atoms with Gasteiger partial charge in [0.1, 0.15) is 0 Å². The minimum absolute atomic E-state index is 0.0512. The van der Waals surface area contributed by atoms with Gasteiger partial charge in [0, 0.05) is 0 Å². The van der Waals surface area contributed by atoms with Crippen LogP contribution in [-0.2, 0) is 0 Å². The number of benzene rings is 1. The molecule has 1 aromatic carbocycles. The number of hydrogen-bond donors (Lipinski definition) is 1. The Morgan fingerprint density at radius 3 is 2.62 bits per heavy atom. The van der Waals surface area contributed by atoms with Crippen LogP contribution >= 0.6 is 0 Å². The molecular formula is C14H22OTe. The van der Waals surface area contributed by atoms with Crippen molar-refractivity contribution >= 4 is 24.5 Å². The average molecular weight is 334 g/mol. The molecule has 90 valence electrons. The Morgan fingerprint density at radius 2 is 2.00 bits per heavy atom. The van der Waals surface area contributed by atoms with E-state index in [1.165, 1.54) is 24.8 Å². The zero-order valence-corrected chi connectivity index (χ0v) is 12.6. The maximum absolute atomic E-state index is 8.80. The first kappa shape index (κ1) is 14.0. The van der Waals surface area contributed by atoms with E-state index >= 15 is 0 Å². The molecule has 0 aliphatic carbocycles. The Bertz CT molecular complexity index is 299. The Balaban J connectivity index is 2.46. The summed E-state index contributed by atoms with van der Waals surface area (Å²) in [5.74, 6) is 0. The van der Waals surface area contributed by atoms with Crippen LogP contribution < -0.4 is 3.61 Å². The molecule has 0 amide bonds. The Kier molecular flexibility index (Phi) is 7.12. The van der Waals surface area contributed by atoms with Crippen LogP contribution in [0.5, 0.6) is 0 Å². The summed E-state index contributed by atoms with van der Waals surface area (Å²) in [7, 11) is 0. The van der Waals surface area contributed by atoms with Gasteiger partial charge in [-0.1, -0.05) is 0 Å². The van der Waals surface area contributed by atoms with Gasteiger partial charge in [0.25, 0.3) is 0 Å². The molecule has 1 nitrogen and oxygen atoms in total. The molecule has 0 aliphatic rings. The quantitative estimate of drug-likeness (QED) is 0.601.